The second-order valence-electron chi connectivity index (χ2n) is 3.39. The molecule has 0 aliphatic rings. The van der Waals surface area contributed by atoms with E-state index in [1.54, 1.807) is 0 Å². The lowest BCUT2D eigenvalue weighted by atomic mass is 10.1. The Morgan fingerprint density at radius 1 is 1.42 bits per heavy atom. The standard InChI is InChI=1S/C10H14ClN/c1-8(2)5-10-4-3-9(6-11)7-12-10/h3-4,7-8H,5-6H2,1-2H3. The summed E-state index contributed by atoms with van der Waals surface area (Å²) in [5.74, 6) is 1.22. The highest BCUT2D eigenvalue weighted by molar-refractivity contribution is 6.17. The zero-order valence-electron chi connectivity index (χ0n) is 7.55. The van der Waals surface area contributed by atoms with Gasteiger partial charge in [0, 0.05) is 17.8 Å². The maximum atomic E-state index is 5.64. The minimum atomic E-state index is 0.551. The number of pyridine rings is 1. The lowest BCUT2D eigenvalue weighted by Gasteiger charge is -2.03. The number of nitrogens with zero attached hydrogens (tertiary/aromatic N) is 1. The number of hydrogen-bond donors (Lipinski definition) is 0. The van der Waals surface area contributed by atoms with Crippen LogP contribution < -0.4 is 0 Å². The van der Waals surface area contributed by atoms with Crippen LogP contribution >= 0.6 is 11.6 Å². The maximum Gasteiger partial charge on any atom is 0.0489 e. The molecule has 1 heterocycles. The molecule has 0 radical (unpaired) electrons. The molecule has 1 aromatic rings. The fourth-order valence-electron chi connectivity index (χ4n) is 1.07. The number of alkyl halides is 1. The molecule has 0 aliphatic carbocycles. The first-order valence-electron chi connectivity index (χ1n) is 4.22. The minimum Gasteiger partial charge on any atom is -0.261 e. The first-order chi connectivity index (χ1) is 5.72. The molecule has 66 valence electrons. The van der Waals surface area contributed by atoms with E-state index in [1.807, 2.05) is 12.3 Å². The first-order valence-corrected chi connectivity index (χ1v) is 4.75. The molecule has 1 aromatic heterocycles. The van der Waals surface area contributed by atoms with Crippen LogP contribution in [0.1, 0.15) is 25.1 Å². The van der Waals surface area contributed by atoms with Gasteiger partial charge in [-0.2, -0.15) is 0 Å². The van der Waals surface area contributed by atoms with E-state index >= 15 is 0 Å². The first kappa shape index (κ1) is 9.53. The summed E-state index contributed by atoms with van der Waals surface area (Å²) in [5, 5.41) is 0. The van der Waals surface area contributed by atoms with E-state index in [0.29, 0.717) is 11.8 Å². The second-order valence-corrected chi connectivity index (χ2v) is 3.66. The number of aromatic nitrogens is 1. The number of rotatable bonds is 3. The van der Waals surface area contributed by atoms with Crippen LogP contribution in [0, 0.1) is 5.92 Å². The monoisotopic (exact) mass is 183 g/mol. The van der Waals surface area contributed by atoms with Crippen LogP contribution in [0.15, 0.2) is 18.3 Å². The van der Waals surface area contributed by atoms with E-state index in [9.17, 15) is 0 Å². The predicted octanol–water partition coefficient (Wildman–Crippen LogP) is 3.02. The van der Waals surface area contributed by atoms with E-state index in [-0.39, 0.29) is 0 Å². The van der Waals surface area contributed by atoms with Crippen molar-refractivity contribution in [2.75, 3.05) is 0 Å². The Morgan fingerprint density at radius 2 is 2.17 bits per heavy atom. The van der Waals surface area contributed by atoms with E-state index in [4.69, 9.17) is 11.6 Å². The summed E-state index contributed by atoms with van der Waals surface area (Å²) in [6.07, 6.45) is 2.90. The molecule has 0 fully saturated rings. The molecule has 0 saturated carbocycles. The van der Waals surface area contributed by atoms with Gasteiger partial charge in [-0.25, -0.2) is 0 Å². The molecule has 0 unspecified atom stereocenters. The summed E-state index contributed by atoms with van der Waals surface area (Å²) in [7, 11) is 0. The summed E-state index contributed by atoms with van der Waals surface area (Å²) in [6, 6.07) is 4.09. The van der Waals surface area contributed by atoms with Crippen molar-refractivity contribution in [1.82, 2.24) is 4.98 Å². The highest BCUT2D eigenvalue weighted by Gasteiger charge is 1.98. The Bertz CT molecular complexity index is 228. The fourth-order valence-corrected chi connectivity index (χ4v) is 1.23. The van der Waals surface area contributed by atoms with Gasteiger partial charge in [-0.1, -0.05) is 19.9 Å². The van der Waals surface area contributed by atoms with Crippen molar-refractivity contribution < 1.29 is 0 Å². The number of hydrogen-bond acceptors (Lipinski definition) is 1. The van der Waals surface area contributed by atoms with Crippen LogP contribution in [0.25, 0.3) is 0 Å². The Hall–Kier alpha value is -0.560. The molecule has 0 bridgehead atoms. The van der Waals surface area contributed by atoms with Crippen LogP contribution in [-0.2, 0) is 12.3 Å². The highest BCUT2D eigenvalue weighted by atomic mass is 35.5. The van der Waals surface area contributed by atoms with Gasteiger partial charge in [0.1, 0.15) is 0 Å². The SMILES string of the molecule is CC(C)Cc1ccc(CCl)cn1. The number of halogens is 1. The average Bonchev–Trinajstić information content (AvgIpc) is 2.05. The maximum absolute atomic E-state index is 5.64. The normalized spacial score (nSPS) is 10.7. The topological polar surface area (TPSA) is 12.9 Å². The smallest absolute Gasteiger partial charge is 0.0489 e. The van der Waals surface area contributed by atoms with Gasteiger partial charge in [0.25, 0.3) is 0 Å². The van der Waals surface area contributed by atoms with E-state index < -0.39 is 0 Å². The average molecular weight is 184 g/mol. The van der Waals surface area contributed by atoms with Crippen LogP contribution in [0.4, 0.5) is 0 Å². The van der Waals surface area contributed by atoms with Crippen molar-refractivity contribution in [3.63, 3.8) is 0 Å². The third-order valence-electron chi connectivity index (χ3n) is 1.66. The molecule has 0 aromatic carbocycles. The van der Waals surface area contributed by atoms with Gasteiger partial charge in [0.2, 0.25) is 0 Å². The van der Waals surface area contributed by atoms with Gasteiger partial charge in [-0.15, -0.1) is 11.6 Å². The largest absolute Gasteiger partial charge is 0.261 e. The van der Waals surface area contributed by atoms with Crippen LogP contribution in [-0.4, -0.2) is 4.98 Å². The Morgan fingerprint density at radius 3 is 2.58 bits per heavy atom. The lowest BCUT2D eigenvalue weighted by Crippen LogP contribution is -1.97. The fraction of sp³-hybridized carbons (Fsp3) is 0.500. The van der Waals surface area contributed by atoms with E-state index in [1.165, 1.54) is 0 Å². The predicted molar refractivity (Wildman–Crippen MR) is 52.3 cm³/mol. The Balaban J connectivity index is 2.65. The molecule has 0 aliphatic heterocycles. The molecule has 12 heavy (non-hydrogen) atoms. The zero-order chi connectivity index (χ0) is 8.97. The highest BCUT2D eigenvalue weighted by Crippen LogP contribution is 2.07. The van der Waals surface area contributed by atoms with Crippen molar-refractivity contribution in [1.29, 1.82) is 0 Å². The summed E-state index contributed by atoms with van der Waals surface area (Å²) >= 11 is 5.64. The van der Waals surface area contributed by atoms with Crippen molar-refractivity contribution in [2.24, 2.45) is 5.92 Å². The summed E-state index contributed by atoms with van der Waals surface area (Å²) in [6.45, 7) is 4.38. The molecular formula is C10H14ClN. The molecule has 1 nitrogen and oxygen atoms in total. The van der Waals surface area contributed by atoms with Crippen molar-refractivity contribution in [3.8, 4) is 0 Å². The molecule has 2 heteroatoms. The summed E-state index contributed by atoms with van der Waals surface area (Å²) in [4.78, 5) is 4.31. The minimum absolute atomic E-state index is 0.551. The van der Waals surface area contributed by atoms with Gasteiger partial charge in [0.15, 0.2) is 0 Å². The third kappa shape index (κ3) is 2.82. The molecule has 0 N–H and O–H groups in total. The zero-order valence-corrected chi connectivity index (χ0v) is 8.30. The van der Waals surface area contributed by atoms with Crippen molar-refractivity contribution >= 4 is 11.6 Å². The van der Waals surface area contributed by atoms with Crippen LogP contribution in [0.5, 0.6) is 0 Å². The van der Waals surface area contributed by atoms with Gasteiger partial charge >= 0.3 is 0 Å². The molecule has 1 rings (SSSR count). The molecule has 0 spiro atoms. The van der Waals surface area contributed by atoms with Gasteiger partial charge in [-0.3, -0.25) is 4.98 Å². The summed E-state index contributed by atoms with van der Waals surface area (Å²) in [5.41, 5.74) is 2.24. The van der Waals surface area contributed by atoms with E-state index in [2.05, 4.69) is 24.9 Å². The van der Waals surface area contributed by atoms with Crippen molar-refractivity contribution in [2.45, 2.75) is 26.1 Å². The molecule has 0 atom stereocenters. The van der Waals surface area contributed by atoms with Crippen molar-refractivity contribution in [3.05, 3.63) is 29.6 Å². The molecule has 0 saturated heterocycles. The lowest BCUT2D eigenvalue weighted by molar-refractivity contribution is 0.635. The van der Waals surface area contributed by atoms with Crippen LogP contribution in [0.2, 0.25) is 0 Å². The van der Waals surface area contributed by atoms with Gasteiger partial charge in [-0.05, 0) is 24.0 Å². The quantitative estimate of drug-likeness (QED) is 0.657. The third-order valence-corrected chi connectivity index (χ3v) is 1.97. The Kier molecular flexibility index (Phi) is 3.54. The van der Waals surface area contributed by atoms with Crippen LogP contribution in [0.3, 0.4) is 0 Å². The van der Waals surface area contributed by atoms with Gasteiger partial charge in [0.05, 0.1) is 0 Å². The van der Waals surface area contributed by atoms with Gasteiger partial charge < -0.3 is 0 Å². The molecule has 0 amide bonds. The Labute approximate surface area is 78.8 Å². The molecular weight excluding hydrogens is 170 g/mol. The summed E-state index contributed by atoms with van der Waals surface area (Å²) < 4.78 is 0. The van der Waals surface area contributed by atoms with E-state index in [0.717, 1.165) is 17.7 Å². The second kappa shape index (κ2) is 4.46.